The summed E-state index contributed by atoms with van der Waals surface area (Å²) < 4.78 is 6.08. The van der Waals surface area contributed by atoms with Gasteiger partial charge in [-0.15, -0.1) is 0 Å². The Labute approximate surface area is 137 Å². The maximum atomic E-state index is 10.7. The van der Waals surface area contributed by atoms with E-state index in [4.69, 9.17) is 27.9 Å². The molecule has 0 aliphatic carbocycles. The second-order valence-corrected chi connectivity index (χ2v) is 5.57. The number of carbonyl (C=O) groups excluding carboxylic acids is 1. The standard InChI is InChI=1S/C13H6BrCl2NO4/c14-9-3-7(6-18)1-2-12(9)21-13-10(15)4-8(17(19)20)5-11(13)16/h1-6H. The van der Waals surface area contributed by atoms with E-state index in [2.05, 4.69) is 15.9 Å². The second kappa shape index (κ2) is 6.43. The summed E-state index contributed by atoms with van der Waals surface area (Å²) in [6.45, 7) is 0. The minimum absolute atomic E-state index is 0.0144. The first-order valence-corrected chi connectivity index (χ1v) is 7.03. The quantitative estimate of drug-likeness (QED) is 0.405. The minimum Gasteiger partial charge on any atom is -0.453 e. The zero-order valence-electron chi connectivity index (χ0n) is 10.2. The smallest absolute Gasteiger partial charge is 0.272 e. The molecular formula is C13H6BrCl2NO4. The SMILES string of the molecule is O=Cc1ccc(Oc2c(Cl)cc([N+](=O)[O-])cc2Cl)c(Br)c1. The highest BCUT2D eigenvalue weighted by Gasteiger charge is 2.17. The molecule has 21 heavy (non-hydrogen) atoms. The summed E-state index contributed by atoms with van der Waals surface area (Å²) >= 11 is 15.2. The van der Waals surface area contributed by atoms with Gasteiger partial charge in [-0.2, -0.15) is 0 Å². The van der Waals surface area contributed by atoms with Crippen molar-refractivity contribution in [2.24, 2.45) is 0 Å². The predicted molar refractivity (Wildman–Crippen MR) is 82.7 cm³/mol. The molecule has 0 fully saturated rings. The molecule has 0 saturated carbocycles. The van der Waals surface area contributed by atoms with E-state index in [1.165, 1.54) is 0 Å². The highest BCUT2D eigenvalue weighted by molar-refractivity contribution is 9.10. The van der Waals surface area contributed by atoms with Crippen molar-refractivity contribution in [3.8, 4) is 11.5 Å². The summed E-state index contributed by atoms with van der Waals surface area (Å²) in [5.74, 6) is 0.474. The zero-order chi connectivity index (χ0) is 15.6. The Bertz CT molecular complexity index is 713. The van der Waals surface area contributed by atoms with Crippen molar-refractivity contribution in [1.82, 2.24) is 0 Å². The van der Waals surface area contributed by atoms with E-state index in [1.54, 1.807) is 18.2 Å². The maximum absolute atomic E-state index is 10.7. The van der Waals surface area contributed by atoms with E-state index in [9.17, 15) is 14.9 Å². The fraction of sp³-hybridized carbons (Fsp3) is 0. The molecule has 0 aliphatic heterocycles. The van der Waals surface area contributed by atoms with Crippen molar-refractivity contribution < 1.29 is 14.5 Å². The number of aldehydes is 1. The highest BCUT2D eigenvalue weighted by Crippen LogP contribution is 2.41. The van der Waals surface area contributed by atoms with Crippen LogP contribution >= 0.6 is 39.1 Å². The van der Waals surface area contributed by atoms with Crippen molar-refractivity contribution in [1.29, 1.82) is 0 Å². The molecule has 0 saturated heterocycles. The van der Waals surface area contributed by atoms with Gasteiger partial charge in [0.2, 0.25) is 0 Å². The molecule has 0 unspecified atom stereocenters. The fourth-order valence-electron chi connectivity index (χ4n) is 1.53. The lowest BCUT2D eigenvalue weighted by Crippen LogP contribution is -1.92. The van der Waals surface area contributed by atoms with Gasteiger partial charge in [0.1, 0.15) is 12.0 Å². The van der Waals surface area contributed by atoms with Gasteiger partial charge < -0.3 is 4.74 Å². The summed E-state index contributed by atoms with van der Waals surface area (Å²) in [7, 11) is 0. The van der Waals surface area contributed by atoms with Crippen molar-refractivity contribution in [2.45, 2.75) is 0 Å². The van der Waals surface area contributed by atoms with E-state index < -0.39 is 4.92 Å². The number of non-ortho nitro benzene ring substituents is 1. The number of rotatable bonds is 4. The van der Waals surface area contributed by atoms with Crippen LogP contribution < -0.4 is 4.74 Å². The van der Waals surface area contributed by atoms with Gasteiger partial charge in [0.15, 0.2) is 5.75 Å². The van der Waals surface area contributed by atoms with Crippen LogP contribution in [0.2, 0.25) is 10.0 Å². The summed E-state index contributed by atoms with van der Waals surface area (Å²) in [5.41, 5.74) is 0.239. The molecule has 0 aromatic heterocycles. The molecule has 0 atom stereocenters. The van der Waals surface area contributed by atoms with E-state index >= 15 is 0 Å². The molecule has 5 nitrogen and oxygen atoms in total. The van der Waals surface area contributed by atoms with Crippen LogP contribution in [0.1, 0.15) is 10.4 Å². The summed E-state index contributed by atoms with van der Waals surface area (Å²) in [5, 5.41) is 10.7. The van der Waals surface area contributed by atoms with Gasteiger partial charge >= 0.3 is 0 Å². The highest BCUT2D eigenvalue weighted by atomic mass is 79.9. The first-order chi connectivity index (χ1) is 9.92. The van der Waals surface area contributed by atoms with Crippen LogP contribution in [0.5, 0.6) is 11.5 Å². The largest absolute Gasteiger partial charge is 0.453 e. The Morgan fingerprint density at radius 3 is 2.29 bits per heavy atom. The van der Waals surface area contributed by atoms with E-state index in [-0.39, 0.29) is 21.5 Å². The molecule has 0 bridgehead atoms. The van der Waals surface area contributed by atoms with Gasteiger partial charge in [-0.1, -0.05) is 23.2 Å². The Morgan fingerprint density at radius 1 is 1.19 bits per heavy atom. The molecule has 0 radical (unpaired) electrons. The molecule has 8 heteroatoms. The third-order valence-corrected chi connectivity index (χ3v) is 3.68. The molecule has 2 aromatic rings. The lowest BCUT2D eigenvalue weighted by Gasteiger charge is -2.11. The molecule has 0 N–H and O–H groups in total. The Hall–Kier alpha value is -1.63. The molecule has 0 spiro atoms. The number of hydrogen-bond acceptors (Lipinski definition) is 4. The Balaban J connectivity index is 2.40. The zero-order valence-corrected chi connectivity index (χ0v) is 13.3. The fourth-order valence-corrected chi connectivity index (χ4v) is 2.56. The first-order valence-electron chi connectivity index (χ1n) is 5.48. The lowest BCUT2D eigenvalue weighted by molar-refractivity contribution is -0.384. The molecule has 2 aromatic carbocycles. The van der Waals surface area contributed by atoms with Crippen LogP contribution in [0.25, 0.3) is 0 Å². The van der Waals surface area contributed by atoms with E-state index in [1.807, 2.05) is 0 Å². The molecule has 0 heterocycles. The Morgan fingerprint density at radius 2 is 1.81 bits per heavy atom. The predicted octanol–water partition coefficient (Wildman–Crippen LogP) is 5.27. The van der Waals surface area contributed by atoms with Gasteiger partial charge in [0.05, 0.1) is 19.4 Å². The molecule has 0 amide bonds. The first kappa shape index (κ1) is 15.8. The summed E-state index contributed by atoms with van der Waals surface area (Å²) in [6, 6.07) is 6.98. The summed E-state index contributed by atoms with van der Waals surface area (Å²) in [4.78, 5) is 20.8. The van der Waals surface area contributed by atoms with Crippen LogP contribution in [0, 0.1) is 10.1 Å². The number of nitrogens with zero attached hydrogens (tertiary/aromatic N) is 1. The third kappa shape index (κ3) is 3.53. The number of hydrogen-bond donors (Lipinski definition) is 0. The number of nitro benzene ring substituents is 1. The molecule has 108 valence electrons. The van der Waals surface area contributed by atoms with Crippen LogP contribution in [0.3, 0.4) is 0 Å². The molecular weight excluding hydrogens is 385 g/mol. The van der Waals surface area contributed by atoms with Gasteiger partial charge in [-0.25, -0.2) is 0 Å². The lowest BCUT2D eigenvalue weighted by atomic mass is 10.2. The second-order valence-electron chi connectivity index (χ2n) is 3.91. The third-order valence-electron chi connectivity index (χ3n) is 2.50. The van der Waals surface area contributed by atoms with Crippen LogP contribution in [-0.4, -0.2) is 11.2 Å². The topological polar surface area (TPSA) is 69.4 Å². The van der Waals surface area contributed by atoms with E-state index in [0.717, 1.165) is 12.1 Å². The molecule has 0 aliphatic rings. The van der Waals surface area contributed by atoms with Gasteiger partial charge in [0, 0.05) is 17.7 Å². The van der Waals surface area contributed by atoms with Crippen molar-refractivity contribution in [2.75, 3.05) is 0 Å². The average molecular weight is 391 g/mol. The number of nitro groups is 1. The van der Waals surface area contributed by atoms with Crippen molar-refractivity contribution in [3.05, 3.63) is 60.5 Å². The number of carbonyl (C=O) groups is 1. The monoisotopic (exact) mass is 389 g/mol. The van der Waals surface area contributed by atoms with Crippen LogP contribution in [-0.2, 0) is 0 Å². The van der Waals surface area contributed by atoms with Gasteiger partial charge in [-0.3, -0.25) is 14.9 Å². The maximum Gasteiger partial charge on any atom is 0.272 e. The number of benzene rings is 2. The van der Waals surface area contributed by atoms with Crippen molar-refractivity contribution in [3.63, 3.8) is 0 Å². The number of halogens is 3. The van der Waals surface area contributed by atoms with E-state index in [0.29, 0.717) is 22.1 Å². The molecule has 2 rings (SSSR count). The van der Waals surface area contributed by atoms with Gasteiger partial charge in [-0.05, 0) is 34.1 Å². The van der Waals surface area contributed by atoms with Gasteiger partial charge in [0.25, 0.3) is 5.69 Å². The summed E-state index contributed by atoms with van der Waals surface area (Å²) in [6.07, 6.45) is 0.695. The van der Waals surface area contributed by atoms with Crippen molar-refractivity contribution >= 4 is 51.1 Å². The van der Waals surface area contributed by atoms with Crippen LogP contribution in [0.4, 0.5) is 5.69 Å². The van der Waals surface area contributed by atoms with Crippen LogP contribution in [0.15, 0.2) is 34.8 Å². The number of ether oxygens (including phenoxy) is 1. The minimum atomic E-state index is -0.601. The normalized spacial score (nSPS) is 10.2. The average Bonchev–Trinajstić information content (AvgIpc) is 2.43. The Kier molecular flexibility index (Phi) is 4.82.